The van der Waals surface area contributed by atoms with Crippen molar-refractivity contribution < 1.29 is 29.3 Å². The van der Waals surface area contributed by atoms with Gasteiger partial charge in [0.15, 0.2) is 0 Å². The summed E-state index contributed by atoms with van der Waals surface area (Å²) in [6.07, 6.45) is -0.197. The predicted octanol–water partition coefficient (Wildman–Crippen LogP) is 1.22. The Morgan fingerprint density at radius 1 is 1.31 bits per heavy atom. The molecule has 0 bridgehead atoms. The van der Waals surface area contributed by atoms with Gasteiger partial charge in [0.25, 0.3) is 0 Å². The number of fused-ring (bicyclic) bond motifs is 1. The topological polar surface area (TPSA) is 116 Å². The van der Waals surface area contributed by atoms with Crippen molar-refractivity contribution in [3.05, 3.63) is 0 Å². The lowest BCUT2D eigenvalue weighted by Crippen LogP contribution is -2.54. The summed E-state index contributed by atoms with van der Waals surface area (Å²) in [6, 6.07) is -1.79. The van der Waals surface area contributed by atoms with Crippen molar-refractivity contribution in [3.8, 4) is 0 Å². The van der Waals surface area contributed by atoms with Gasteiger partial charge in [-0.1, -0.05) is 13.8 Å². The van der Waals surface area contributed by atoms with Crippen LogP contribution in [0.5, 0.6) is 0 Å². The fourth-order valence-corrected chi connectivity index (χ4v) is 4.00. The second-order valence-electron chi connectivity index (χ2n) is 8.79. The van der Waals surface area contributed by atoms with Crippen molar-refractivity contribution in [1.29, 1.82) is 0 Å². The third kappa shape index (κ3) is 4.11. The molecule has 0 radical (unpaired) electrons. The number of likely N-dealkylation sites (tertiary alicyclic amines) is 1. The first kappa shape index (κ1) is 20.5. The Bertz CT molecular complexity index is 583. The van der Waals surface area contributed by atoms with Gasteiger partial charge in [-0.2, -0.15) is 0 Å². The molecule has 2 unspecified atom stereocenters. The van der Waals surface area contributed by atoms with Crippen molar-refractivity contribution in [1.82, 2.24) is 10.2 Å². The highest BCUT2D eigenvalue weighted by molar-refractivity contribution is 5.90. The summed E-state index contributed by atoms with van der Waals surface area (Å²) in [6.45, 7) is 9.43. The molecule has 0 aromatic carbocycles. The van der Waals surface area contributed by atoms with Crippen LogP contribution in [0.1, 0.15) is 47.5 Å². The third-order valence-corrected chi connectivity index (χ3v) is 5.38. The first-order chi connectivity index (χ1) is 11.9. The number of nitrogens with zero attached hydrogens (tertiary/aromatic N) is 1. The number of aliphatic hydroxyl groups is 1. The largest absolute Gasteiger partial charge is 0.480 e. The summed E-state index contributed by atoms with van der Waals surface area (Å²) in [7, 11) is 0. The number of aliphatic carboxylic acids is 1. The van der Waals surface area contributed by atoms with Crippen LogP contribution in [-0.2, 0) is 14.3 Å². The van der Waals surface area contributed by atoms with Crippen LogP contribution in [0.2, 0.25) is 0 Å². The highest BCUT2D eigenvalue weighted by Gasteiger charge is 2.69. The maximum Gasteiger partial charge on any atom is 0.408 e. The molecule has 8 nitrogen and oxygen atoms in total. The van der Waals surface area contributed by atoms with Gasteiger partial charge in [-0.15, -0.1) is 0 Å². The van der Waals surface area contributed by atoms with E-state index in [9.17, 15) is 19.5 Å². The van der Waals surface area contributed by atoms with E-state index >= 15 is 0 Å². The van der Waals surface area contributed by atoms with Crippen molar-refractivity contribution in [3.63, 3.8) is 0 Å². The molecular weight excluding hydrogens is 340 g/mol. The summed E-state index contributed by atoms with van der Waals surface area (Å²) in [4.78, 5) is 38.1. The molecule has 0 aromatic heterocycles. The first-order valence-electron chi connectivity index (χ1n) is 9.04. The van der Waals surface area contributed by atoms with E-state index in [1.165, 1.54) is 4.90 Å². The first-order valence-corrected chi connectivity index (χ1v) is 9.04. The summed E-state index contributed by atoms with van der Waals surface area (Å²) in [5, 5.41) is 21.2. The lowest BCUT2D eigenvalue weighted by Gasteiger charge is -2.32. The Hall–Kier alpha value is -1.83. The number of hydrogen-bond acceptors (Lipinski definition) is 5. The van der Waals surface area contributed by atoms with Gasteiger partial charge in [-0.25, -0.2) is 9.59 Å². The summed E-state index contributed by atoms with van der Waals surface area (Å²) < 4.78 is 5.20. The monoisotopic (exact) mass is 370 g/mol. The summed E-state index contributed by atoms with van der Waals surface area (Å²) in [5.41, 5.74) is -0.795. The highest BCUT2D eigenvalue weighted by atomic mass is 16.6. The molecule has 26 heavy (non-hydrogen) atoms. The van der Waals surface area contributed by atoms with E-state index in [4.69, 9.17) is 9.84 Å². The van der Waals surface area contributed by atoms with Crippen LogP contribution in [0, 0.1) is 17.3 Å². The van der Waals surface area contributed by atoms with E-state index in [-0.39, 0.29) is 30.3 Å². The van der Waals surface area contributed by atoms with Crippen molar-refractivity contribution in [2.24, 2.45) is 17.3 Å². The average Bonchev–Trinajstić information content (AvgIpc) is 2.84. The van der Waals surface area contributed by atoms with Crippen LogP contribution in [0.25, 0.3) is 0 Å². The van der Waals surface area contributed by atoms with Gasteiger partial charge in [-0.05, 0) is 44.9 Å². The lowest BCUT2D eigenvalue weighted by atomic mass is 10.00. The van der Waals surface area contributed by atoms with Crippen LogP contribution in [0.15, 0.2) is 0 Å². The van der Waals surface area contributed by atoms with Crippen LogP contribution in [-0.4, -0.2) is 63.9 Å². The minimum Gasteiger partial charge on any atom is -0.480 e. The molecule has 2 aliphatic rings. The Morgan fingerprint density at radius 2 is 1.92 bits per heavy atom. The number of rotatable bonds is 6. The van der Waals surface area contributed by atoms with Crippen LogP contribution >= 0.6 is 0 Å². The third-order valence-electron chi connectivity index (χ3n) is 5.38. The van der Waals surface area contributed by atoms with Crippen molar-refractivity contribution in [2.45, 2.75) is 65.1 Å². The molecule has 1 aliphatic carbocycles. The molecule has 3 N–H and O–H groups in total. The number of carboxylic acid groups (broad SMARTS) is 1. The standard InChI is InChI=1S/C18H30N2O6/c1-17(2,3)26-16(25)19-11(7-6-8-21)14(22)20-9-10-12(18(10,4)5)13(20)15(23)24/h10-13,21H,6-9H2,1-5H3,(H,19,25)(H,23,24)/t10?,11-,12?,13-/m0/s1. The number of aliphatic hydroxyl groups excluding tert-OH is 1. The zero-order valence-corrected chi connectivity index (χ0v) is 16.1. The van der Waals surface area contributed by atoms with E-state index in [0.29, 0.717) is 13.0 Å². The maximum absolute atomic E-state index is 13.0. The summed E-state index contributed by atoms with van der Waals surface area (Å²) >= 11 is 0. The molecule has 2 rings (SSSR count). The number of ether oxygens (including phenoxy) is 1. The number of amides is 2. The van der Waals surface area contributed by atoms with E-state index in [0.717, 1.165) is 0 Å². The summed E-state index contributed by atoms with van der Waals surface area (Å²) in [5.74, 6) is -1.36. The number of nitrogens with one attached hydrogen (secondary N) is 1. The zero-order chi connectivity index (χ0) is 19.9. The fourth-order valence-electron chi connectivity index (χ4n) is 4.00. The molecule has 1 saturated carbocycles. The lowest BCUT2D eigenvalue weighted by molar-refractivity contribution is -0.151. The minimum absolute atomic E-state index is 0.0658. The second-order valence-corrected chi connectivity index (χ2v) is 8.79. The van der Waals surface area contributed by atoms with Gasteiger partial charge in [0.1, 0.15) is 17.7 Å². The molecule has 2 fully saturated rings. The Morgan fingerprint density at radius 3 is 2.42 bits per heavy atom. The van der Waals surface area contributed by atoms with E-state index in [1.807, 2.05) is 13.8 Å². The molecule has 1 aliphatic heterocycles. The molecule has 0 aromatic rings. The molecular formula is C18H30N2O6. The smallest absolute Gasteiger partial charge is 0.408 e. The van der Waals surface area contributed by atoms with Crippen LogP contribution in [0.4, 0.5) is 4.79 Å². The predicted molar refractivity (Wildman–Crippen MR) is 93.4 cm³/mol. The number of carbonyl (C=O) groups excluding carboxylic acids is 2. The molecule has 1 saturated heterocycles. The molecule has 148 valence electrons. The Labute approximate surface area is 153 Å². The van der Waals surface area contributed by atoms with Crippen LogP contribution < -0.4 is 5.32 Å². The average molecular weight is 370 g/mol. The molecule has 1 heterocycles. The number of carbonyl (C=O) groups is 3. The molecule has 2 amide bonds. The van der Waals surface area contributed by atoms with Gasteiger partial charge in [0.05, 0.1) is 0 Å². The normalized spacial score (nSPS) is 27.5. The number of alkyl carbamates (subject to hydrolysis) is 1. The van der Waals surface area contributed by atoms with E-state index < -0.39 is 35.7 Å². The van der Waals surface area contributed by atoms with Gasteiger partial charge in [-0.3, -0.25) is 4.79 Å². The fraction of sp³-hybridized carbons (Fsp3) is 0.833. The molecule has 8 heteroatoms. The maximum atomic E-state index is 13.0. The molecule has 0 spiro atoms. The highest BCUT2D eigenvalue weighted by Crippen LogP contribution is 2.64. The van der Waals surface area contributed by atoms with Crippen molar-refractivity contribution in [2.75, 3.05) is 13.2 Å². The van der Waals surface area contributed by atoms with E-state index in [1.54, 1.807) is 20.8 Å². The minimum atomic E-state index is -1.02. The SMILES string of the molecule is CC(C)(C)OC(=O)N[C@@H](CCCO)C(=O)N1CC2C([C@H]1C(=O)O)C2(C)C. The number of piperidine rings is 1. The number of carboxylic acids is 1. The van der Waals surface area contributed by atoms with Gasteiger partial charge in [0, 0.05) is 19.1 Å². The number of hydrogen-bond donors (Lipinski definition) is 3. The quantitative estimate of drug-likeness (QED) is 0.647. The van der Waals surface area contributed by atoms with Gasteiger partial charge in [0.2, 0.25) is 5.91 Å². The van der Waals surface area contributed by atoms with Gasteiger partial charge < -0.3 is 25.2 Å². The van der Waals surface area contributed by atoms with Gasteiger partial charge >= 0.3 is 12.1 Å². The van der Waals surface area contributed by atoms with E-state index in [2.05, 4.69) is 5.32 Å². The van der Waals surface area contributed by atoms with Crippen LogP contribution in [0.3, 0.4) is 0 Å². The second kappa shape index (κ2) is 7.06. The van der Waals surface area contributed by atoms with Crippen molar-refractivity contribution >= 4 is 18.0 Å². The Balaban J connectivity index is 2.11. The zero-order valence-electron chi connectivity index (χ0n) is 16.1. The Kier molecular flexibility index (Phi) is 5.56. The molecule has 4 atom stereocenters.